The number of nitrogens with one attached hydrogen (secondary N) is 3. The van der Waals surface area contributed by atoms with Gasteiger partial charge in [0.15, 0.2) is 0 Å². The first-order chi connectivity index (χ1) is 19.2. The number of fused-ring (bicyclic) bond motifs is 1. The molecule has 0 radical (unpaired) electrons. The van der Waals surface area contributed by atoms with Gasteiger partial charge in [-0.25, -0.2) is 0 Å². The number of carbonyl (C=O) groups excluding carboxylic acids is 1. The average Bonchev–Trinajstić information content (AvgIpc) is 3.81. The summed E-state index contributed by atoms with van der Waals surface area (Å²) in [7, 11) is -0.00496. The van der Waals surface area contributed by atoms with Crippen molar-refractivity contribution in [2.45, 2.75) is 44.7 Å². The highest BCUT2D eigenvalue weighted by Gasteiger charge is 2.32. The Morgan fingerprint density at radius 2 is 1.88 bits per heavy atom. The maximum Gasteiger partial charge on any atom is 0.488 e. The maximum absolute atomic E-state index is 13.1. The molecule has 1 unspecified atom stereocenters. The van der Waals surface area contributed by atoms with Gasteiger partial charge in [-0.05, 0) is 60.5 Å². The van der Waals surface area contributed by atoms with Gasteiger partial charge in [0, 0.05) is 17.7 Å². The normalized spacial score (nSPS) is 16.5. The highest BCUT2D eigenvalue weighted by atomic mass is 16.5. The maximum atomic E-state index is 13.1. The lowest BCUT2D eigenvalue weighted by molar-refractivity contribution is -0.121. The van der Waals surface area contributed by atoms with E-state index in [4.69, 9.17) is 20.5 Å². The molecule has 1 amide bonds. The summed E-state index contributed by atoms with van der Waals surface area (Å²) in [5.41, 5.74) is 5.19. The first-order valence-electron chi connectivity index (χ1n) is 13.3. The minimum Gasteiger partial charge on any atom is -0.497 e. The molecule has 9 nitrogen and oxygen atoms in total. The molecule has 0 saturated heterocycles. The number of carbonyl (C=O) groups is 1. The van der Waals surface area contributed by atoms with Crippen LogP contribution in [0.5, 0.6) is 5.75 Å². The summed E-state index contributed by atoms with van der Waals surface area (Å²) in [6.07, 6.45) is 2.31. The number of benzene rings is 3. The molecule has 1 aliphatic heterocycles. The Morgan fingerprint density at radius 1 is 1.12 bits per heavy atom. The van der Waals surface area contributed by atoms with Crippen molar-refractivity contribution < 1.29 is 19.6 Å². The van der Waals surface area contributed by atoms with E-state index in [1.807, 2.05) is 24.3 Å². The fraction of sp³-hybridized carbons (Fsp3) is 0.267. The largest absolute Gasteiger partial charge is 0.497 e. The number of nitrogens with zero attached hydrogens (tertiary/aromatic N) is 2. The van der Waals surface area contributed by atoms with E-state index in [0.29, 0.717) is 34.1 Å². The van der Waals surface area contributed by atoms with Crippen LogP contribution in [0.25, 0.3) is 0 Å². The van der Waals surface area contributed by atoms with Gasteiger partial charge in [-0.1, -0.05) is 48.5 Å². The summed E-state index contributed by atoms with van der Waals surface area (Å²) in [6.45, 7) is 1.79. The lowest BCUT2D eigenvalue weighted by Gasteiger charge is -2.26. The standard InChI is InChI=1S/C30H32BN5O4/c1-18(32)36-27-13-12-24(40-2)15-25(27)29(22-10-8-21(9-11-22)20-6-7-20)35-26(30(36)33)16-28(37)34-17-19-4-3-5-23(14-19)31(38)39/h3-5,8-15,20,26,32-33,38-39H,6-7,16-17H2,1-2H3,(H,34,37). The molecular weight excluding hydrogens is 505 g/mol. The molecule has 0 aromatic heterocycles. The smallest absolute Gasteiger partial charge is 0.488 e. The van der Waals surface area contributed by atoms with E-state index in [-0.39, 0.29) is 30.5 Å². The number of methoxy groups -OCH3 is 1. The molecule has 0 bridgehead atoms. The van der Waals surface area contributed by atoms with Gasteiger partial charge in [-0.3, -0.25) is 25.5 Å². The van der Waals surface area contributed by atoms with Crippen molar-refractivity contribution in [2.75, 3.05) is 12.0 Å². The van der Waals surface area contributed by atoms with E-state index in [1.165, 1.54) is 23.3 Å². The van der Waals surface area contributed by atoms with Gasteiger partial charge >= 0.3 is 7.12 Å². The Labute approximate surface area is 233 Å². The zero-order valence-electron chi connectivity index (χ0n) is 22.5. The van der Waals surface area contributed by atoms with Crippen LogP contribution in [0, 0.1) is 10.8 Å². The number of aliphatic imine (C=N–C) groups is 1. The van der Waals surface area contributed by atoms with Crippen LogP contribution in [-0.4, -0.2) is 53.6 Å². The molecule has 1 aliphatic carbocycles. The minimum atomic E-state index is -1.59. The van der Waals surface area contributed by atoms with Crippen LogP contribution in [-0.2, 0) is 11.3 Å². The predicted octanol–water partition coefficient (Wildman–Crippen LogP) is 2.96. The second-order valence-electron chi connectivity index (χ2n) is 10.2. The van der Waals surface area contributed by atoms with Gasteiger partial charge in [-0.2, -0.15) is 0 Å². The van der Waals surface area contributed by atoms with Gasteiger partial charge < -0.3 is 20.1 Å². The number of hydrogen-bond acceptors (Lipinski definition) is 7. The van der Waals surface area contributed by atoms with Crippen molar-refractivity contribution in [3.63, 3.8) is 0 Å². The van der Waals surface area contributed by atoms with E-state index in [9.17, 15) is 14.8 Å². The molecule has 40 heavy (non-hydrogen) atoms. The predicted molar refractivity (Wildman–Crippen MR) is 157 cm³/mol. The van der Waals surface area contributed by atoms with Crippen molar-refractivity contribution in [1.82, 2.24) is 5.32 Å². The highest BCUT2D eigenvalue weighted by molar-refractivity contribution is 6.58. The van der Waals surface area contributed by atoms with Gasteiger partial charge in [0.1, 0.15) is 23.5 Å². The Kier molecular flexibility index (Phi) is 7.82. The number of hydrogen-bond donors (Lipinski definition) is 5. The van der Waals surface area contributed by atoms with Gasteiger partial charge in [0.25, 0.3) is 0 Å². The number of ether oxygens (including phenoxy) is 1. The summed E-state index contributed by atoms with van der Waals surface area (Å²) in [6, 6.07) is 19.6. The van der Waals surface area contributed by atoms with Crippen molar-refractivity contribution in [3.8, 4) is 5.75 Å². The molecule has 1 heterocycles. The van der Waals surface area contributed by atoms with E-state index < -0.39 is 13.2 Å². The van der Waals surface area contributed by atoms with Crippen LogP contribution in [0.3, 0.4) is 0 Å². The highest BCUT2D eigenvalue weighted by Crippen LogP contribution is 2.40. The number of anilines is 1. The van der Waals surface area contributed by atoms with Crippen LogP contribution in [0.15, 0.2) is 71.7 Å². The zero-order valence-corrected chi connectivity index (χ0v) is 22.5. The third-order valence-electron chi connectivity index (χ3n) is 7.23. The second-order valence-corrected chi connectivity index (χ2v) is 10.2. The molecule has 3 aromatic carbocycles. The number of amidine groups is 2. The molecule has 1 fully saturated rings. The topological polar surface area (TPSA) is 142 Å². The molecule has 1 saturated carbocycles. The SMILES string of the molecule is COc1ccc2c(c1)C(c1ccc(C3CC3)cc1)=NC(CC(=O)NCc1cccc(B(O)O)c1)C(=N)N2C(C)=N. The van der Waals surface area contributed by atoms with Crippen molar-refractivity contribution >= 4 is 41.6 Å². The fourth-order valence-electron chi connectivity index (χ4n) is 4.97. The second kappa shape index (κ2) is 11.5. The lowest BCUT2D eigenvalue weighted by atomic mass is 9.79. The van der Waals surface area contributed by atoms with E-state index in [1.54, 1.807) is 44.4 Å². The lowest BCUT2D eigenvalue weighted by Crippen LogP contribution is -2.42. The monoisotopic (exact) mass is 537 g/mol. The summed E-state index contributed by atoms with van der Waals surface area (Å²) in [5.74, 6) is 1.09. The summed E-state index contributed by atoms with van der Waals surface area (Å²) >= 11 is 0. The average molecular weight is 537 g/mol. The Balaban J connectivity index is 1.48. The molecule has 2 aliphatic rings. The van der Waals surface area contributed by atoms with E-state index in [2.05, 4.69) is 17.4 Å². The minimum absolute atomic E-state index is 0.0315. The molecule has 3 aromatic rings. The molecule has 1 atom stereocenters. The van der Waals surface area contributed by atoms with Crippen LogP contribution in [0.2, 0.25) is 0 Å². The van der Waals surface area contributed by atoms with Crippen molar-refractivity contribution in [3.05, 3.63) is 89.0 Å². The molecular formula is C30H32BN5O4. The first-order valence-corrected chi connectivity index (χ1v) is 13.3. The van der Waals surface area contributed by atoms with E-state index >= 15 is 0 Å². The third kappa shape index (κ3) is 5.83. The van der Waals surface area contributed by atoms with Crippen LogP contribution >= 0.6 is 0 Å². The van der Waals surface area contributed by atoms with Crippen LogP contribution in [0.1, 0.15) is 54.4 Å². The Morgan fingerprint density at radius 3 is 2.52 bits per heavy atom. The van der Waals surface area contributed by atoms with Crippen molar-refractivity contribution in [1.29, 1.82) is 10.8 Å². The zero-order chi connectivity index (χ0) is 28.4. The summed E-state index contributed by atoms with van der Waals surface area (Å²) < 4.78 is 5.50. The molecule has 5 N–H and O–H groups in total. The Hall–Kier alpha value is -4.28. The van der Waals surface area contributed by atoms with Crippen molar-refractivity contribution in [2.24, 2.45) is 4.99 Å². The van der Waals surface area contributed by atoms with E-state index in [0.717, 1.165) is 11.1 Å². The summed E-state index contributed by atoms with van der Waals surface area (Å²) in [4.78, 5) is 19.6. The number of rotatable bonds is 8. The fourth-order valence-corrected chi connectivity index (χ4v) is 4.97. The Bertz CT molecular complexity index is 1480. The number of amides is 1. The first kappa shape index (κ1) is 27.3. The molecule has 10 heteroatoms. The molecule has 5 rings (SSSR count). The number of benzodiazepines with no additional fused rings is 1. The van der Waals surface area contributed by atoms with Gasteiger partial charge in [0.05, 0.1) is 24.9 Å². The molecule has 0 spiro atoms. The quantitative estimate of drug-likeness (QED) is 0.171. The van der Waals surface area contributed by atoms with Gasteiger partial charge in [0.2, 0.25) is 5.91 Å². The van der Waals surface area contributed by atoms with Gasteiger partial charge in [-0.15, -0.1) is 0 Å². The summed E-state index contributed by atoms with van der Waals surface area (Å²) in [5, 5.41) is 39.2. The third-order valence-corrected chi connectivity index (χ3v) is 7.23. The van der Waals surface area contributed by atoms with Crippen LogP contribution < -0.4 is 20.4 Å². The van der Waals surface area contributed by atoms with Crippen LogP contribution in [0.4, 0.5) is 5.69 Å². The molecule has 204 valence electrons.